The molecule has 0 spiro atoms. The summed E-state index contributed by atoms with van der Waals surface area (Å²) in [5.41, 5.74) is 0. The second-order valence-electron chi connectivity index (χ2n) is 6.08. The van der Waals surface area contributed by atoms with E-state index in [2.05, 4.69) is 23.8 Å². The van der Waals surface area contributed by atoms with Crippen LogP contribution in [0.5, 0.6) is 0 Å². The predicted octanol–water partition coefficient (Wildman–Crippen LogP) is 2.45. The smallest absolute Gasteiger partial charge is 0.000709 e. The average molecular weight is 224 g/mol. The highest BCUT2D eigenvalue weighted by Crippen LogP contribution is 2.21. The van der Waals surface area contributed by atoms with Crippen LogP contribution in [0.25, 0.3) is 0 Å². The van der Waals surface area contributed by atoms with E-state index in [1.807, 2.05) is 0 Å². The lowest BCUT2D eigenvalue weighted by atomic mass is 9.94. The fraction of sp³-hybridized carbons (Fsp3) is 1.00. The standard InChI is InChI=1S/C14H28N2/c1-13-5-9-16(10-6-13)11-7-14-4-3-8-15(2)12-14/h13-14H,3-12H2,1-2H3. The quantitative estimate of drug-likeness (QED) is 0.726. The Balaban J connectivity index is 1.63. The van der Waals surface area contributed by atoms with Crippen molar-refractivity contribution in [2.24, 2.45) is 11.8 Å². The molecule has 0 saturated carbocycles. The van der Waals surface area contributed by atoms with Crippen LogP contribution in [-0.2, 0) is 0 Å². The van der Waals surface area contributed by atoms with Gasteiger partial charge in [0.25, 0.3) is 0 Å². The molecule has 2 rings (SSSR count). The first-order valence-electron chi connectivity index (χ1n) is 7.15. The summed E-state index contributed by atoms with van der Waals surface area (Å²) in [5, 5.41) is 0. The molecule has 94 valence electrons. The Morgan fingerprint density at radius 3 is 2.50 bits per heavy atom. The summed E-state index contributed by atoms with van der Waals surface area (Å²) >= 11 is 0. The first-order valence-corrected chi connectivity index (χ1v) is 7.15. The third-order valence-electron chi connectivity index (χ3n) is 4.45. The summed E-state index contributed by atoms with van der Waals surface area (Å²) in [4.78, 5) is 5.20. The molecule has 1 atom stereocenters. The van der Waals surface area contributed by atoms with Crippen molar-refractivity contribution in [3.8, 4) is 0 Å². The van der Waals surface area contributed by atoms with E-state index in [1.165, 1.54) is 64.8 Å². The Labute approximate surface area is 101 Å². The maximum Gasteiger partial charge on any atom is 0.000709 e. The number of rotatable bonds is 3. The molecule has 0 aliphatic carbocycles. The SMILES string of the molecule is CC1CCN(CCC2CCCN(C)C2)CC1. The fourth-order valence-electron chi connectivity index (χ4n) is 3.16. The van der Waals surface area contributed by atoms with Gasteiger partial charge in [-0.25, -0.2) is 0 Å². The Bertz CT molecular complexity index is 197. The number of likely N-dealkylation sites (tertiary alicyclic amines) is 2. The van der Waals surface area contributed by atoms with Gasteiger partial charge >= 0.3 is 0 Å². The molecule has 2 heteroatoms. The van der Waals surface area contributed by atoms with Crippen molar-refractivity contribution in [1.29, 1.82) is 0 Å². The zero-order chi connectivity index (χ0) is 11.4. The summed E-state index contributed by atoms with van der Waals surface area (Å²) in [6, 6.07) is 0. The first-order chi connectivity index (χ1) is 7.74. The number of hydrogen-bond acceptors (Lipinski definition) is 2. The highest BCUT2D eigenvalue weighted by molar-refractivity contribution is 4.74. The van der Waals surface area contributed by atoms with Crippen LogP contribution in [-0.4, -0.2) is 49.6 Å². The van der Waals surface area contributed by atoms with Gasteiger partial charge in [-0.3, -0.25) is 0 Å². The van der Waals surface area contributed by atoms with Crippen LogP contribution in [0.4, 0.5) is 0 Å². The second-order valence-corrected chi connectivity index (χ2v) is 6.08. The van der Waals surface area contributed by atoms with Crippen LogP contribution in [0.3, 0.4) is 0 Å². The van der Waals surface area contributed by atoms with Gasteiger partial charge in [-0.2, -0.15) is 0 Å². The van der Waals surface area contributed by atoms with E-state index in [0.29, 0.717) is 0 Å². The monoisotopic (exact) mass is 224 g/mol. The highest BCUT2D eigenvalue weighted by atomic mass is 15.1. The van der Waals surface area contributed by atoms with E-state index in [0.717, 1.165) is 11.8 Å². The molecule has 2 aliphatic heterocycles. The van der Waals surface area contributed by atoms with Crippen molar-refractivity contribution in [3.63, 3.8) is 0 Å². The van der Waals surface area contributed by atoms with Crippen molar-refractivity contribution < 1.29 is 0 Å². The molecule has 0 aromatic heterocycles. The van der Waals surface area contributed by atoms with Gasteiger partial charge in [-0.1, -0.05) is 6.92 Å². The van der Waals surface area contributed by atoms with E-state index < -0.39 is 0 Å². The largest absolute Gasteiger partial charge is 0.306 e. The van der Waals surface area contributed by atoms with Crippen molar-refractivity contribution in [2.75, 3.05) is 39.8 Å². The Morgan fingerprint density at radius 2 is 1.81 bits per heavy atom. The summed E-state index contributed by atoms with van der Waals surface area (Å²) < 4.78 is 0. The molecule has 0 amide bonds. The third kappa shape index (κ3) is 3.74. The predicted molar refractivity (Wildman–Crippen MR) is 69.7 cm³/mol. The molecule has 0 radical (unpaired) electrons. The lowest BCUT2D eigenvalue weighted by molar-refractivity contribution is 0.152. The molecule has 2 aliphatic rings. The average Bonchev–Trinajstić information content (AvgIpc) is 2.28. The zero-order valence-electron chi connectivity index (χ0n) is 11.1. The molecular formula is C14H28N2. The Morgan fingerprint density at radius 1 is 1.06 bits per heavy atom. The minimum Gasteiger partial charge on any atom is -0.306 e. The van der Waals surface area contributed by atoms with Gasteiger partial charge in [0.15, 0.2) is 0 Å². The summed E-state index contributed by atoms with van der Waals surface area (Å²) in [5.74, 6) is 1.94. The van der Waals surface area contributed by atoms with Crippen molar-refractivity contribution in [1.82, 2.24) is 9.80 Å². The Kier molecular flexibility index (Phi) is 4.66. The van der Waals surface area contributed by atoms with Crippen molar-refractivity contribution in [3.05, 3.63) is 0 Å². The van der Waals surface area contributed by atoms with Gasteiger partial charge in [0, 0.05) is 6.54 Å². The highest BCUT2D eigenvalue weighted by Gasteiger charge is 2.20. The molecule has 2 nitrogen and oxygen atoms in total. The van der Waals surface area contributed by atoms with E-state index in [1.54, 1.807) is 0 Å². The minimum absolute atomic E-state index is 0.970. The van der Waals surface area contributed by atoms with Gasteiger partial charge in [0.1, 0.15) is 0 Å². The van der Waals surface area contributed by atoms with Crippen LogP contribution in [0.1, 0.15) is 39.0 Å². The maximum atomic E-state index is 2.69. The first kappa shape index (κ1) is 12.4. The lowest BCUT2D eigenvalue weighted by Crippen LogP contribution is -2.37. The van der Waals surface area contributed by atoms with Crippen molar-refractivity contribution >= 4 is 0 Å². The van der Waals surface area contributed by atoms with E-state index in [-0.39, 0.29) is 0 Å². The normalized spacial score (nSPS) is 30.8. The molecule has 0 aromatic rings. The summed E-state index contributed by atoms with van der Waals surface area (Å²) in [7, 11) is 2.27. The van der Waals surface area contributed by atoms with Crippen LogP contribution in [0.15, 0.2) is 0 Å². The Hall–Kier alpha value is -0.0800. The molecule has 0 aromatic carbocycles. The van der Waals surface area contributed by atoms with E-state index in [4.69, 9.17) is 0 Å². The van der Waals surface area contributed by atoms with E-state index in [9.17, 15) is 0 Å². The third-order valence-corrected chi connectivity index (χ3v) is 4.45. The fourth-order valence-corrected chi connectivity index (χ4v) is 3.16. The molecule has 2 heterocycles. The van der Waals surface area contributed by atoms with Crippen LogP contribution >= 0.6 is 0 Å². The molecule has 2 fully saturated rings. The summed E-state index contributed by atoms with van der Waals surface area (Å²) in [6.45, 7) is 9.11. The van der Waals surface area contributed by atoms with Crippen molar-refractivity contribution in [2.45, 2.75) is 39.0 Å². The molecule has 0 bridgehead atoms. The minimum atomic E-state index is 0.970. The van der Waals surface area contributed by atoms with Crippen LogP contribution in [0, 0.1) is 11.8 Å². The molecule has 16 heavy (non-hydrogen) atoms. The van der Waals surface area contributed by atoms with Gasteiger partial charge in [-0.05, 0) is 77.2 Å². The van der Waals surface area contributed by atoms with E-state index >= 15 is 0 Å². The number of hydrogen-bond donors (Lipinski definition) is 0. The van der Waals surface area contributed by atoms with Crippen LogP contribution in [0.2, 0.25) is 0 Å². The molecule has 2 saturated heterocycles. The number of piperidine rings is 2. The maximum absolute atomic E-state index is 2.69. The number of nitrogens with zero attached hydrogens (tertiary/aromatic N) is 2. The molecule has 0 N–H and O–H groups in total. The molecular weight excluding hydrogens is 196 g/mol. The lowest BCUT2D eigenvalue weighted by Gasteiger charge is -2.34. The topological polar surface area (TPSA) is 6.48 Å². The molecule has 1 unspecified atom stereocenters. The second kappa shape index (κ2) is 6.02. The zero-order valence-corrected chi connectivity index (χ0v) is 11.1. The van der Waals surface area contributed by atoms with Gasteiger partial charge in [-0.15, -0.1) is 0 Å². The van der Waals surface area contributed by atoms with Crippen LogP contribution < -0.4 is 0 Å². The van der Waals surface area contributed by atoms with Gasteiger partial charge in [0.2, 0.25) is 0 Å². The van der Waals surface area contributed by atoms with Gasteiger partial charge in [0.05, 0.1) is 0 Å². The summed E-state index contributed by atoms with van der Waals surface area (Å²) in [6.07, 6.45) is 7.15. The van der Waals surface area contributed by atoms with Gasteiger partial charge < -0.3 is 9.80 Å².